The van der Waals surface area contributed by atoms with E-state index in [1.807, 2.05) is 19.9 Å². The Morgan fingerprint density at radius 1 is 0.810 bits per heavy atom. The Morgan fingerprint density at radius 2 is 1.31 bits per heavy atom. The van der Waals surface area contributed by atoms with Gasteiger partial charge in [-0.3, -0.25) is 14.4 Å². The zero-order chi connectivity index (χ0) is 31.8. The van der Waals surface area contributed by atoms with Crippen molar-refractivity contribution in [3.05, 3.63) is 83.7 Å². The van der Waals surface area contributed by atoms with Crippen LogP contribution in [0.4, 0.5) is 0 Å². The van der Waals surface area contributed by atoms with Gasteiger partial charge in [-0.15, -0.1) is 13.2 Å². The Morgan fingerprint density at radius 3 is 1.76 bits per heavy atom. The molecule has 0 aliphatic heterocycles. The monoisotopic (exact) mass is 576 g/mol. The summed E-state index contributed by atoms with van der Waals surface area (Å²) in [7, 11) is 1.39. The van der Waals surface area contributed by atoms with Crippen LogP contribution in [-0.4, -0.2) is 30.9 Å². The maximum absolute atomic E-state index is 13.6. The zero-order valence-electron chi connectivity index (χ0n) is 26.4. The molecule has 0 unspecified atom stereocenters. The number of methoxy groups -OCH3 is 1. The summed E-state index contributed by atoms with van der Waals surface area (Å²) < 4.78 is 23.3. The fraction of sp³-hybridized carbons (Fsp3) is 0.400. The predicted molar refractivity (Wildman–Crippen MR) is 166 cm³/mol. The number of Topliss-reactive ketones (excluding diaryl/α,β-unsaturated/α-hetero) is 1. The van der Waals surface area contributed by atoms with E-state index in [-0.39, 0.29) is 23.6 Å². The molecule has 0 aromatic heterocycles. The number of hydrogen-bond acceptors (Lipinski definition) is 7. The van der Waals surface area contributed by atoms with Gasteiger partial charge in [0, 0.05) is 5.56 Å². The van der Waals surface area contributed by atoms with Crippen LogP contribution >= 0.6 is 0 Å². The van der Waals surface area contributed by atoms with E-state index in [1.165, 1.54) is 13.2 Å². The predicted octanol–water partition coefficient (Wildman–Crippen LogP) is 7.70. The molecule has 0 N–H and O–H groups in total. The highest BCUT2D eigenvalue weighted by atomic mass is 16.5. The van der Waals surface area contributed by atoms with Gasteiger partial charge in [0.1, 0.15) is 17.2 Å². The summed E-state index contributed by atoms with van der Waals surface area (Å²) in [5, 5.41) is 0. The molecule has 0 spiro atoms. The first-order chi connectivity index (χ1) is 19.5. The van der Waals surface area contributed by atoms with Crippen LogP contribution in [0.25, 0.3) is 6.08 Å². The third-order valence-electron chi connectivity index (χ3n) is 5.97. The summed E-state index contributed by atoms with van der Waals surface area (Å²) in [4.78, 5) is 39.0. The van der Waals surface area contributed by atoms with E-state index in [1.54, 1.807) is 78.0 Å². The molecule has 0 aliphatic rings. The fourth-order valence-corrected chi connectivity index (χ4v) is 3.70. The third-order valence-corrected chi connectivity index (χ3v) is 5.97. The number of allylic oxidation sites excluding steroid dienone is 3. The van der Waals surface area contributed by atoms with Crippen LogP contribution in [0.15, 0.2) is 61.4 Å². The van der Waals surface area contributed by atoms with Crippen molar-refractivity contribution >= 4 is 23.8 Å². The first-order valence-electron chi connectivity index (χ1n) is 14.0. The SMILES string of the molecule is C=CCc1cc(CC=C)c(OC(C)C)c(C=C(OC)C(=O)c2ccc(OC(=O)C(C)(C)C)cc2)c1OC(=O)C(C)(C)C. The van der Waals surface area contributed by atoms with E-state index >= 15 is 0 Å². The molecule has 7 heteroatoms. The number of benzene rings is 2. The quantitative estimate of drug-likeness (QED) is 0.0639. The largest absolute Gasteiger partial charge is 0.493 e. The molecule has 226 valence electrons. The molecule has 2 aromatic rings. The molecule has 0 saturated carbocycles. The van der Waals surface area contributed by atoms with Gasteiger partial charge < -0.3 is 18.9 Å². The normalized spacial score (nSPS) is 12.0. The van der Waals surface area contributed by atoms with Crippen LogP contribution in [0.5, 0.6) is 17.2 Å². The summed E-state index contributed by atoms with van der Waals surface area (Å²) in [6.45, 7) is 22.1. The van der Waals surface area contributed by atoms with E-state index in [0.717, 1.165) is 5.56 Å². The lowest BCUT2D eigenvalue weighted by Gasteiger charge is -2.24. The van der Waals surface area contributed by atoms with Gasteiger partial charge in [-0.2, -0.15) is 0 Å². The second-order valence-corrected chi connectivity index (χ2v) is 12.3. The number of carbonyl (C=O) groups excluding carboxylic acids is 3. The van der Waals surface area contributed by atoms with Crippen molar-refractivity contribution in [3.63, 3.8) is 0 Å². The van der Waals surface area contributed by atoms with Gasteiger partial charge >= 0.3 is 11.9 Å². The first-order valence-corrected chi connectivity index (χ1v) is 14.0. The van der Waals surface area contributed by atoms with Crippen molar-refractivity contribution in [2.24, 2.45) is 10.8 Å². The molecule has 0 aliphatic carbocycles. The van der Waals surface area contributed by atoms with Gasteiger partial charge in [0.2, 0.25) is 5.78 Å². The average Bonchev–Trinajstić information content (AvgIpc) is 2.89. The lowest BCUT2D eigenvalue weighted by Crippen LogP contribution is -2.26. The van der Waals surface area contributed by atoms with Gasteiger partial charge in [-0.1, -0.05) is 12.2 Å². The number of carbonyl (C=O) groups is 3. The molecule has 42 heavy (non-hydrogen) atoms. The lowest BCUT2D eigenvalue weighted by molar-refractivity contribution is -0.143. The number of ketones is 1. The van der Waals surface area contributed by atoms with Crippen LogP contribution in [0.2, 0.25) is 0 Å². The smallest absolute Gasteiger partial charge is 0.316 e. The van der Waals surface area contributed by atoms with Crippen molar-refractivity contribution in [3.8, 4) is 17.2 Å². The maximum Gasteiger partial charge on any atom is 0.316 e. The summed E-state index contributed by atoms with van der Waals surface area (Å²) in [5.41, 5.74) is 0.767. The highest BCUT2D eigenvalue weighted by Crippen LogP contribution is 2.40. The maximum atomic E-state index is 13.6. The second-order valence-electron chi connectivity index (χ2n) is 12.3. The van der Waals surface area contributed by atoms with Crippen molar-refractivity contribution in [2.75, 3.05) is 7.11 Å². The zero-order valence-corrected chi connectivity index (χ0v) is 26.4. The van der Waals surface area contributed by atoms with E-state index < -0.39 is 22.6 Å². The van der Waals surface area contributed by atoms with Crippen molar-refractivity contribution in [2.45, 2.75) is 74.3 Å². The number of ether oxygens (including phenoxy) is 4. The Kier molecular flexibility index (Phi) is 11.5. The van der Waals surface area contributed by atoms with Crippen molar-refractivity contribution < 1.29 is 33.3 Å². The fourth-order valence-electron chi connectivity index (χ4n) is 3.70. The number of esters is 2. The van der Waals surface area contributed by atoms with E-state index in [9.17, 15) is 14.4 Å². The minimum Gasteiger partial charge on any atom is -0.493 e. The molecular weight excluding hydrogens is 532 g/mol. The molecule has 0 amide bonds. The molecule has 0 heterocycles. The Balaban J connectivity index is 2.75. The topological polar surface area (TPSA) is 88.1 Å². The van der Waals surface area contributed by atoms with Crippen molar-refractivity contribution in [1.82, 2.24) is 0 Å². The Hall–Kier alpha value is -4.13. The van der Waals surface area contributed by atoms with Gasteiger partial charge in [0.15, 0.2) is 5.76 Å². The van der Waals surface area contributed by atoms with Gasteiger partial charge in [-0.25, -0.2) is 0 Å². The molecular formula is C35H44O7. The minimum absolute atomic E-state index is 0.00333. The lowest BCUT2D eigenvalue weighted by atomic mass is 9.95. The van der Waals surface area contributed by atoms with Crippen LogP contribution in [0.3, 0.4) is 0 Å². The van der Waals surface area contributed by atoms with Gasteiger partial charge in [0.05, 0.1) is 29.6 Å². The number of rotatable bonds is 12. The van der Waals surface area contributed by atoms with E-state index in [4.69, 9.17) is 18.9 Å². The Bertz CT molecular complexity index is 1350. The molecule has 0 saturated heterocycles. The first kappa shape index (κ1) is 34.1. The van der Waals surface area contributed by atoms with E-state index in [2.05, 4.69) is 13.2 Å². The molecule has 0 fully saturated rings. The molecule has 0 atom stereocenters. The molecule has 2 aromatic carbocycles. The number of hydrogen-bond donors (Lipinski definition) is 0. The second kappa shape index (κ2) is 14.2. The molecule has 2 rings (SSSR count). The highest BCUT2D eigenvalue weighted by Gasteiger charge is 2.29. The Labute approximate surface area is 250 Å². The standard InChI is InChI=1S/C35H44O7/c1-12-14-24-20-25(15-13-2)31(42-33(38)35(8,9)10)27(30(24)40-22(3)4)21-28(39-11)29(36)23-16-18-26(19-17-23)41-32(37)34(5,6)7/h12-13,16-22H,1-2,14-15H2,3-11H3. The van der Waals surface area contributed by atoms with Crippen LogP contribution in [0.1, 0.15) is 82.4 Å². The summed E-state index contributed by atoms with van der Waals surface area (Å²) in [5.74, 6) is -0.203. The average molecular weight is 577 g/mol. The summed E-state index contributed by atoms with van der Waals surface area (Å²) in [6, 6.07) is 8.14. The summed E-state index contributed by atoms with van der Waals surface area (Å²) >= 11 is 0. The third kappa shape index (κ3) is 8.93. The van der Waals surface area contributed by atoms with Crippen LogP contribution < -0.4 is 14.2 Å². The minimum atomic E-state index is -0.788. The van der Waals surface area contributed by atoms with Gasteiger partial charge in [-0.05, 0) is 116 Å². The van der Waals surface area contributed by atoms with E-state index in [0.29, 0.717) is 41.0 Å². The van der Waals surface area contributed by atoms with Crippen LogP contribution in [-0.2, 0) is 27.2 Å². The summed E-state index contributed by atoms with van der Waals surface area (Å²) in [6.07, 6.45) is 5.68. The van der Waals surface area contributed by atoms with Crippen molar-refractivity contribution in [1.29, 1.82) is 0 Å². The highest BCUT2D eigenvalue weighted by molar-refractivity contribution is 6.10. The molecule has 0 radical (unpaired) electrons. The van der Waals surface area contributed by atoms with Gasteiger partial charge in [0.25, 0.3) is 0 Å². The molecule has 7 nitrogen and oxygen atoms in total. The van der Waals surface area contributed by atoms with Crippen LogP contribution in [0, 0.1) is 10.8 Å². The molecule has 0 bridgehead atoms.